The van der Waals surface area contributed by atoms with E-state index in [1.807, 2.05) is 0 Å². The van der Waals surface area contributed by atoms with Crippen molar-refractivity contribution in [3.8, 4) is 0 Å². The van der Waals surface area contributed by atoms with Gasteiger partial charge in [0, 0.05) is 24.3 Å². The van der Waals surface area contributed by atoms with Crippen LogP contribution in [0.2, 0.25) is 0 Å². The normalized spacial score (nSPS) is 38.0. The van der Waals surface area contributed by atoms with E-state index in [-0.39, 0.29) is 23.3 Å². The molecule has 3 aliphatic rings. The monoisotopic (exact) mass is 209 g/mol. The largest absolute Gasteiger partial charge is 0.395 e. The van der Waals surface area contributed by atoms with E-state index >= 15 is 0 Å². The van der Waals surface area contributed by atoms with Gasteiger partial charge in [0.25, 0.3) is 0 Å². The molecule has 3 heteroatoms. The molecule has 0 saturated heterocycles. The second-order valence-electron chi connectivity index (χ2n) is 5.13. The van der Waals surface area contributed by atoms with Gasteiger partial charge < -0.3 is 10.4 Å². The van der Waals surface area contributed by atoms with Gasteiger partial charge in [-0.05, 0) is 25.7 Å². The first-order chi connectivity index (χ1) is 7.10. The summed E-state index contributed by atoms with van der Waals surface area (Å²) in [6, 6.07) is 0. The second-order valence-corrected chi connectivity index (χ2v) is 5.13. The molecular formula is C12H19NO2. The summed E-state index contributed by atoms with van der Waals surface area (Å²) in [6.07, 6.45) is 8.67. The molecule has 3 rings (SSSR count). The lowest BCUT2D eigenvalue weighted by atomic mass is 9.58. The predicted octanol–water partition coefficient (Wildman–Crippen LogP) is 1.23. The summed E-state index contributed by atoms with van der Waals surface area (Å²) in [5, 5.41) is 12.3. The van der Waals surface area contributed by atoms with Gasteiger partial charge in [-0.15, -0.1) is 0 Å². The van der Waals surface area contributed by atoms with E-state index in [4.69, 9.17) is 0 Å². The molecule has 0 unspecified atom stereocenters. The first kappa shape index (κ1) is 10.7. The molecule has 3 nitrogen and oxygen atoms in total. The Morgan fingerprint density at radius 3 is 2.20 bits per heavy atom. The molecule has 1 saturated carbocycles. The maximum Gasteiger partial charge on any atom is 0.216 e. The van der Waals surface area contributed by atoms with Gasteiger partial charge in [0.15, 0.2) is 0 Å². The van der Waals surface area contributed by atoms with Crippen molar-refractivity contribution in [2.45, 2.75) is 32.6 Å². The van der Waals surface area contributed by atoms with Crippen LogP contribution < -0.4 is 5.32 Å². The van der Waals surface area contributed by atoms with Crippen molar-refractivity contribution in [3.05, 3.63) is 12.2 Å². The predicted molar refractivity (Wildman–Crippen MR) is 58.2 cm³/mol. The molecule has 0 radical (unpaired) electrons. The summed E-state index contributed by atoms with van der Waals surface area (Å²) >= 11 is 0. The van der Waals surface area contributed by atoms with E-state index in [2.05, 4.69) is 17.5 Å². The molecule has 0 heterocycles. The van der Waals surface area contributed by atoms with E-state index in [0.29, 0.717) is 0 Å². The standard InChI is InChI=1S/C12H19NO2/c1-10(15)13-8-11-2-5-12(9-14,6-3-11)7-4-11/h2,5,14H,3-4,6-9H2,1H3,(H,13,15). The molecule has 2 bridgehead atoms. The lowest BCUT2D eigenvalue weighted by Crippen LogP contribution is -2.45. The Morgan fingerprint density at radius 2 is 1.80 bits per heavy atom. The molecule has 15 heavy (non-hydrogen) atoms. The fourth-order valence-electron chi connectivity index (χ4n) is 2.68. The van der Waals surface area contributed by atoms with Gasteiger partial charge in [-0.2, -0.15) is 0 Å². The Hall–Kier alpha value is -0.830. The zero-order chi connectivity index (χ0) is 10.9. The Morgan fingerprint density at radius 1 is 1.27 bits per heavy atom. The van der Waals surface area contributed by atoms with Crippen molar-refractivity contribution in [1.82, 2.24) is 5.32 Å². The number of nitrogens with one attached hydrogen (secondary N) is 1. The number of fused-ring (bicyclic) bond motifs is 2. The maximum absolute atomic E-state index is 10.9. The Bertz CT molecular complexity index is 288. The Labute approximate surface area is 90.6 Å². The van der Waals surface area contributed by atoms with Gasteiger partial charge in [-0.25, -0.2) is 0 Å². The Balaban J connectivity index is 2.05. The number of hydrogen-bond acceptors (Lipinski definition) is 2. The van der Waals surface area contributed by atoms with Crippen molar-refractivity contribution in [1.29, 1.82) is 0 Å². The van der Waals surface area contributed by atoms with E-state index < -0.39 is 0 Å². The highest BCUT2D eigenvalue weighted by Gasteiger charge is 2.44. The zero-order valence-electron chi connectivity index (χ0n) is 9.25. The van der Waals surface area contributed by atoms with Crippen molar-refractivity contribution < 1.29 is 9.90 Å². The number of hydrogen-bond donors (Lipinski definition) is 2. The third-order valence-corrected chi connectivity index (χ3v) is 4.04. The first-order valence-corrected chi connectivity index (χ1v) is 5.66. The minimum Gasteiger partial charge on any atom is -0.395 e. The molecule has 0 spiro atoms. The molecule has 0 aromatic heterocycles. The van der Waals surface area contributed by atoms with Crippen LogP contribution >= 0.6 is 0 Å². The fourth-order valence-corrected chi connectivity index (χ4v) is 2.68. The SMILES string of the molecule is CC(=O)NCC12C=CC(CO)(CC1)CC2. The van der Waals surface area contributed by atoms with Crippen LogP contribution in [-0.2, 0) is 4.79 Å². The van der Waals surface area contributed by atoms with Crippen LogP contribution in [0.5, 0.6) is 0 Å². The van der Waals surface area contributed by atoms with Gasteiger partial charge in [0.2, 0.25) is 5.91 Å². The lowest BCUT2D eigenvalue weighted by Gasteiger charge is -2.48. The molecule has 0 atom stereocenters. The summed E-state index contributed by atoms with van der Waals surface area (Å²) < 4.78 is 0. The third kappa shape index (κ3) is 1.93. The summed E-state index contributed by atoms with van der Waals surface area (Å²) in [6.45, 7) is 2.57. The summed E-state index contributed by atoms with van der Waals surface area (Å²) in [5.74, 6) is 0.0438. The Kier molecular flexibility index (Phi) is 2.59. The van der Waals surface area contributed by atoms with Gasteiger partial charge in [-0.1, -0.05) is 12.2 Å². The minimum atomic E-state index is 0.0438. The number of aliphatic hydroxyl groups excluding tert-OH is 1. The molecule has 3 aliphatic carbocycles. The third-order valence-electron chi connectivity index (χ3n) is 4.04. The topological polar surface area (TPSA) is 49.3 Å². The van der Waals surface area contributed by atoms with Crippen LogP contribution in [0.4, 0.5) is 0 Å². The van der Waals surface area contributed by atoms with E-state index in [9.17, 15) is 9.90 Å². The van der Waals surface area contributed by atoms with E-state index in [1.54, 1.807) is 6.92 Å². The van der Waals surface area contributed by atoms with Crippen LogP contribution in [0.1, 0.15) is 32.6 Å². The van der Waals surface area contributed by atoms with Crippen LogP contribution in [0.25, 0.3) is 0 Å². The first-order valence-electron chi connectivity index (χ1n) is 5.66. The van der Waals surface area contributed by atoms with Crippen LogP contribution in [-0.4, -0.2) is 24.2 Å². The van der Waals surface area contributed by atoms with Gasteiger partial charge in [0.1, 0.15) is 0 Å². The lowest BCUT2D eigenvalue weighted by molar-refractivity contribution is -0.119. The zero-order valence-corrected chi connectivity index (χ0v) is 9.25. The average molecular weight is 209 g/mol. The van der Waals surface area contributed by atoms with Crippen molar-refractivity contribution in [2.75, 3.05) is 13.2 Å². The minimum absolute atomic E-state index is 0.0438. The fraction of sp³-hybridized carbons (Fsp3) is 0.750. The number of carbonyl (C=O) groups excluding carboxylic acids is 1. The van der Waals surface area contributed by atoms with Gasteiger partial charge >= 0.3 is 0 Å². The highest BCUT2D eigenvalue weighted by Crippen LogP contribution is 2.51. The number of rotatable bonds is 3. The van der Waals surface area contributed by atoms with Crippen molar-refractivity contribution in [2.24, 2.45) is 10.8 Å². The number of amides is 1. The molecule has 0 aromatic rings. The van der Waals surface area contributed by atoms with Gasteiger partial charge in [-0.3, -0.25) is 4.79 Å². The molecule has 2 N–H and O–H groups in total. The van der Waals surface area contributed by atoms with Gasteiger partial charge in [0.05, 0.1) is 6.61 Å². The smallest absolute Gasteiger partial charge is 0.216 e. The molecule has 0 aliphatic heterocycles. The van der Waals surface area contributed by atoms with E-state index in [0.717, 1.165) is 32.2 Å². The maximum atomic E-state index is 10.9. The second kappa shape index (κ2) is 3.63. The highest BCUT2D eigenvalue weighted by molar-refractivity contribution is 5.72. The number of carbonyl (C=O) groups is 1. The quantitative estimate of drug-likeness (QED) is 0.687. The summed E-state index contributed by atoms with van der Waals surface area (Å²) in [5.41, 5.74) is 0.223. The average Bonchev–Trinajstić information content (AvgIpc) is 2.29. The number of aliphatic hydroxyl groups is 1. The highest BCUT2D eigenvalue weighted by atomic mass is 16.3. The van der Waals surface area contributed by atoms with Crippen molar-refractivity contribution >= 4 is 5.91 Å². The molecule has 1 amide bonds. The van der Waals surface area contributed by atoms with Crippen LogP contribution in [0.3, 0.4) is 0 Å². The van der Waals surface area contributed by atoms with Crippen LogP contribution in [0.15, 0.2) is 12.2 Å². The van der Waals surface area contributed by atoms with Crippen LogP contribution in [0, 0.1) is 10.8 Å². The molecule has 84 valence electrons. The summed E-state index contributed by atoms with van der Waals surface area (Å²) in [4.78, 5) is 10.9. The van der Waals surface area contributed by atoms with E-state index in [1.165, 1.54) is 0 Å². The molecular weight excluding hydrogens is 190 g/mol. The molecule has 1 fully saturated rings. The summed E-state index contributed by atoms with van der Waals surface area (Å²) in [7, 11) is 0. The van der Waals surface area contributed by atoms with Crippen molar-refractivity contribution in [3.63, 3.8) is 0 Å². The molecule has 0 aromatic carbocycles.